The molecule has 0 radical (unpaired) electrons. The molecule has 0 spiro atoms. The van der Waals surface area contributed by atoms with Gasteiger partial charge in [-0.2, -0.15) is 0 Å². The molecule has 0 unspecified atom stereocenters. The van der Waals surface area contributed by atoms with Crippen LogP contribution in [0.1, 0.15) is 15.9 Å². The maximum atomic E-state index is 11.4. The topological polar surface area (TPSA) is 43.1 Å². The number of halogens is 2. The van der Waals surface area contributed by atoms with E-state index in [0.29, 0.717) is 15.6 Å². The molecule has 2 aromatic rings. The summed E-state index contributed by atoms with van der Waals surface area (Å²) in [5.41, 5.74) is 8.47. The van der Waals surface area contributed by atoms with Crippen molar-refractivity contribution in [2.75, 3.05) is 0 Å². The Morgan fingerprint density at radius 3 is 2.39 bits per heavy atom. The van der Waals surface area contributed by atoms with Crippen LogP contribution in [0.25, 0.3) is 11.1 Å². The smallest absolute Gasteiger partial charge is 0.249 e. The van der Waals surface area contributed by atoms with E-state index in [4.69, 9.17) is 28.9 Å². The van der Waals surface area contributed by atoms with Crippen LogP contribution in [0, 0.1) is 6.92 Å². The maximum Gasteiger partial charge on any atom is 0.249 e. The predicted octanol–water partition coefficient (Wildman–Crippen LogP) is 4.07. The third-order valence-corrected chi connectivity index (χ3v) is 3.41. The summed E-state index contributed by atoms with van der Waals surface area (Å²) in [7, 11) is 0. The number of benzene rings is 2. The van der Waals surface area contributed by atoms with Gasteiger partial charge in [-0.1, -0.05) is 47.0 Å². The van der Waals surface area contributed by atoms with Gasteiger partial charge in [0.25, 0.3) is 0 Å². The van der Waals surface area contributed by atoms with Gasteiger partial charge in [0.2, 0.25) is 5.91 Å². The molecule has 2 rings (SSSR count). The van der Waals surface area contributed by atoms with Gasteiger partial charge in [0, 0.05) is 5.56 Å². The summed E-state index contributed by atoms with van der Waals surface area (Å²) in [4.78, 5) is 11.4. The zero-order chi connectivity index (χ0) is 13.3. The van der Waals surface area contributed by atoms with Crippen LogP contribution in [0.15, 0.2) is 36.4 Å². The number of nitrogens with two attached hydrogens (primary N) is 1. The quantitative estimate of drug-likeness (QED) is 0.885. The van der Waals surface area contributed by atoms with Gasteiger partial charge in [-0.3, -0.25) is 4.79 Å². The zero-order valence-electron chi connectivity index (χ0n) is 9.71. The Bertz CT molecular complexity index is 623. The van der Waals surface area contributed by atoms with E-state index in [1.165, 1.54) is 0 Å². The van der Waals surface area contributed by atoms with Gasteiger partial charge in [-0.25, -0.2) is 0 Å². The number of carbonyl (C=O) groups excluding carboxylic acids is 1. The molecule has 0 heterocycles. The van der Waals surface area contributed by atoms with Crippen molar-refractivity contribution in [1.29, 1.82) is 0 Å². The first-order valence-corrected chi connectivity index (χ1v) is 6.10. The Labute approximate surface area is 115 Å². The number of primary amides is 1. The van der Waals surface area contributed by atoms with Crippen LogP contribution in [-0.2, 0) is 0 Å². The lowest BCUT2D eigenvalue weighted by molar-refractivity contribution is 0.100. The molecule has 0 fully saturated rings. The molecule has 0 aromatic heterocycles. The van der Waals surface area contributed by atoms with Crippen LogP contribution >= 0.6 is 23.2 Å². The van der Waals surface area contributed by atoms with Crippen LogP contribution in [0.2, 0.25) is 10.0 Å². The van der Waals surface area contributed by atoms with E-state index >= 15 is 0 Å². The molecule has 92 valence electrons. The summed E-state index contributed by atoms with van der Waals surface area (Å²) in [5.74, 6) is -0.462. The molecule has 2 aromatic carbocycles. The van der Waals surface area contributed by atoms with Crippen molar-refractivity contribution in [3.8, 4) is 11.1 Å². The molecular formula is C14H11Cl2NO. The van der Waals surface area contributed by atoms with E-state index in [0.717, 1.165) is 16.7 Å². The van der Waals surface area contributed by atoms with Gasteiger partial charge in [0.15, 0.2) is 0 Å². The SMILES string of the molecule is Cc1ccc(C(N)=O)c(-c2ccc(Cl)c(Cl)c2)c1. The van der Waals surface area contributed by atoms with Crippen molar-refractivity contribution in [2.45, 2.75) is 6.92 Å². The van der Waals surface area contributed by atoms with Crippen molar-refractivity contribution in [1.82, 2.24) is 0 Å². The number of rotatable bonds is 2. The van der Waals surface area contributed by atoms with Crippen molar-refractivity contribution in [3.05, 3.63) is 57.6 Å². The molecule has 0 aliphatic carbocycles. The zero-order valence-corrected chi connectivity index (χ0v) is 11.2. The van der Waals surface area contributed by atoms with E-state index in [-0.39, 0.29) is 0 Å². The minimum atomic E-state index is -0.462. The largest absolute Gasteiger partial charge is 0.366 e. The number of hydrogen-bond donors (Lipinski definition) is 1. The second-order valence-electron chi connectivity index (χ2n) is 4.04. The molecule has 1 amide bonds. The van der Waals surface area contributed by atoms with E-state index < -0.39 is 5.91 Å². The standard InChI is InChI=1S/C14H11Cl2NO/c1-8-2-4-10(14(17)18)11(6-8)9-3-5-12(15)13(16)7-9/h2-7H,1H3,(H2,17,18). The molecule has 2 nitrogen and oxygen atoms in total. The molecule has 0 saturated heterocycles. The summed E-state index contributed by atoms with van der Waals surface area (Å²) < 4.78 is 0. The van der Waals surface area contributed by atoms with Crippen molar-refractivity contribution in [2.24, 2.45) is 5.73 Å². The Kier molecular flexibility index (Phi) is 3.60. The fourth-order valence-corrected chi connectivity index (χ4v) is 2.07. The van der Waals surface area contributed by atoms with Crippen LogP contribution in [0.3, 0.4) is 0 Å². The minimum absolute atomic E-state index is 0.450. The van der Waals surface area contributed by atoms with Crippen molar-refractivity contribution < 1.29 is 4.79 Å². The molecule has 0 aliphatic heterocycles. The summed E-state index contributed by atoms with van der Waals surface area (Å²) >= 11 is 11.9. The van der Waals surface area contributed by atoms with Gasteiger partial charge >= 0.3 is 0 Å². The van der Waals surface area contributed by atoms with E-state index in [9.17, 15) is 4.79 Å². The van der Waals surface area contributed by atoms with Crippen LogP contribution < -0.4 is 5.73 Å². The van der Waals surface area contributed by atoms with Crippen LogP contribution in [0.5, 0.6) is 0 Å². The number of hydrogen-bond acceptors (Lipinski definition) is 1. The molecule has 0 bridgehead atoms. The maximum absolute atomic E-state index is 11.4. The van der Waals surface area contributed by atoms with Gasteiger partial charge < -0.3 is 5.73 Å². The molecule has 0 aliphatic rings. The predicted molar refractivity (Wildman–Crippen MR) is 75.2 cm³/mol. The number of aryl methyl sites for hydroxylation is 1. The van der Waals surface area contributed by atoms with Gasteiger partial charge in [-0.05, 0) is 36.2 Å². The summed E-state index contributed by atoms with van der Waals surface area (Å²) in [6.07, 6.45) is 0. The Morgan fingerprint density at radius 2 is 1.78 bits per heavy atom. The Balaban J connectivity index is 2.65. The van der Waals surface area contributed by atoms with Gasteiger partial charge in [0.1, 0.15) is 0 Å². The first-order valence-electron chi connectivity index (χ1n) is 5.35. The second-order valence-corrected chi connectivity index (χ2v) is 4.86. The fourth-order valence-electron chi connectivity index (χ4n) is 1.78. The summed E-state index contributed by atoms with van der Waals surface area (Å²) in [6.45, 7) is 1.95. The average molecular weight is 280 g/mol. The lowest BCUT2D eigenvalue weighted by Gasteiger charge is -2.09. The fraction of sp³-hybridized carbons (Fsp3) is 0.0714. The lowest BCUT2D eigenvalue weighted by atomic mass is 9.97. The molecular weight excluding hydrogens is 269 g/mol. The lowest BCUT2D eigenvalue weighted by Crippen LogP contribution is -2.12. The molecule has 2 N–H and O–H groups in total. The Morgan fingerprint density at radius 1 is 1.06 bits per heavy atom. The minimum Gasteiger partial charge on any atom is -0.366 e. The van der Waals surface area contributed by atoms with Crippen molar-refractivity contribution >= 4 is 29.1 Å². The second kappa shape index (κ2) is 5.01. The van der Waals surface area contributed by atoms with Crippen LogP contribution in [-0.4, -0.2) is 5.91 Å². The normalized spacial score (nSPS) is 10.4. The Hall–Kier alpha value is -1.51. The number of carbonyl (C=O) groups is 1. The highest BCUT2D eigenvalue weighted by Crippen LogP contribution is 2.30. The van der Waals surface area contributed by atoms with E-state index in [1.54, 1.807) is 18.2 Å². The molecule has 4 heteroatoms. The third kappa shape index (κ3) is 2.50. The van der Waals surface area contributed by atoms with Gasteiger partial charge in [-0.15, -0.1) is 0 Å². The van der Waals surface area contributed by atoms with E-state index in [2.05, 4.69) is 0 Å². The van der Waals surface area contributed by atoms with E-state index in [1.807, 2.05) is 25.1 Å². The van der Waals surface area contributed by atoms with Crippen molar-refractivity contribution in [3.63, 3.8) is 0 Å². The molecule has 0 saturated carbocycles. The van der Waals surface area contributed by atoms with Gasteiger partial charge in [0.05, 0.1) is 10.0 Å². The highest BCUT2D eigenvalue weighted by molar-refractivity contribution is 6.42. The highest BCUT2D eigenvalue weighted by atomic mass is 35.5. The monoisotopic (exact) mass is 279 g/mol. The molecule has 0 atom stereocenters. The summed E-state index contributed by atoms with van der Waals surface area (Å²) in [5, 5.41) is 0.930. The molecule has 18 heavy (non-hydrogen) atoms. The first-order chi connectivity index (χ1) is 8.49. The van der Waals surface area contributed by atoms with Crippen LogP contribution in [0.4, 0.5) is 0 Å². The summed E-state index contributed by atoms with van der Waals surface area (Å²) in [6, 6.07) is 10.7. The highest BCUT2D eigenvalue weighted by Gasteiger charge is 2.11. The average Bonchev–Trinajstić information content (AvgIpc) is 2.32. The third-order valence-electron chi connectivity index (χ3n) is 2.67. The number of amides is 1. The first kappa shape index (κ1) is 12.9.